The van der Waals surface area contributed by atoms with Crippen LogP contribution in [-0.2, 0) is 11.3 Å². The van der Waals surface area contributed by atoms with Crippen LogP contribution in [-0.4, -0.2) is 62.0 Å². The summed E-state index contributed by atoms with van der Waals surface area (Å²) < 4.78 is 16.6. The van der Waals surface area contributed by atoms with Crippen molar-refractivity contribution >= 4 is 0 Å². The van der Waals surface area contributed by atoms with E-state index in [0.29, 0.717) is 12.8 Å². The topological polar surface area (TPSA) is 34.2 Å². The maximum atomic E-state index is 5.65. The van der Waals surface area contributed by atoms with Crippen LogP contribution >= 0.6 is 0 Å². The van der Waals surface area contributed by atoms with Crippen molar-refractivity contribution in [1.29, 1.82) is 0 Å². The smallest absolute Gasteiger partial charge is 0.231 e. The van der Waals surface area contributed by atoms with Gasteiger partial charge in [-0.15, -0.1) is 0 Å². The number of likely N-dealkylation sites (tertiary alicyclic amines) is 1. The van der Waals surface area contributed by atoms with E-state index >= 15 is 0 Å². The first-order valence-corrected chi connectivity index (χ1v) is 8.32. The Kier molecular flexibility index (Phi) is 4.19. The van der Waals surface area contributed by atoms with Crippen molar-refractivity contribution in [2.24, 2.45) is 0 Å². The summed E-state index contributed by atoms with van der Waals surface area (Å²) >= 11 is 0. The zero-order valence-corrected chi connectivity index (χ0v) is 13.0. The van der Waals surface area contributed by atoms with Gasteiger partial charge in [0.25, 0.3) is 0 Å². The van der Waals surface area contributed by atoms with Gasteiger partial charge in [-0.1, -0.05) is 12.1 Å². The second-order valence-corrected chi connectivity index (χ2v) is 6.33. The van der Waals surface area contributed by atoms with E-state index < -0.39 is 0 Å². The maximum Gasteiger partial charge on any atom is 0.231 e. The lowest BCUT2D eigenvalue weighted by molar-refractivity contribution is 0.0261. The van der Waals surface area contributed by atoms with E-state index in [1.807, 2.05) is 6.07 Å². The van der Waals surface area contributed by atoms with Crippen molar-refractivity contribution in [1.82, 2.24) is 9.80 Å². The van der Waals surface area contributed by atoms with Crippen LogP contribution in [0.15, 0.2) is 18.2 Å². The van der Waals surface area contributed by atoms with Crippen molar-refractivity contribution in [3.63, 3.8) is 0 Å². The standard InChI is InChI=1S/C17H24N2O3/c1-3-14(17-16(5-1)21-13-22-17)11-19-6-2-4-15(19)12-18-7-9-20-10-8-18/h1,3,5,15H,2,4,6-13H2/t15-/m0/s1. The second kappa shape index (κ2) is 6.44. The monoisotopic (exact) mass is 304 g/mol. The Morgan fingerprint density at radius 2 is 2.00 bits per heavy atom. The molecule has 0 spiro atoms. The van der Waals surface area contributed by atoms with Gasteiger partial charge in [0, 0.05) is 37.8 Å². The highest BCUT2D eigenvalue weighted by Gasteiger charge is 2.28. The Morgan fingerprint density at radius 3 is 2.91 bits per heavy atom. The molecule has 0 aliphatic carbocycles. The molecule has 0 bridgehead atoms. The van der Waals surface area contributed by atoms with Crippen molar-refractivity contribution < 1.29 is 14.2 Å². The van der Waals surface area contributed by atoms with Crippen LogP contribution in [0.1, 0.15) is 18.4 Å². The van der Waals surface area contributed by atoms with Crippen LogP contribution in [0, 0.1) is 0 Å². The van der Waals surface area contributed by atoms with E-state index in [0.717, 1.165) is 50.9 Å². The lowest BCUT2D eigenvalue weighted by Crippen LogP contribution is -2.44. The van der Waals surface area contributed by atoms with Crippen LogP contribution < -0.4 is 9.47 Å². The summed E-state index contributed by atoms with van der Waals surface area (Å²) in [7, 11) is 0. The molecule has 1 atom stereocenters. The van der Waals surface area contributed by atoms with Gasteiger partial charge in [-0.2, -0.15) is 0 Å². The summed E-state index contributed by atoms with van der Waals surface area (Å²) in [6.45, 7) is 7.55. The molecule has 0 unspecified atom stereocenters. The number of para-hydroxylation sites is 1. The van der Waals surface area contributed by atoms with Crippen LogP contribution in [0.4, 0.5) is 0 Å². The molecular formula is C17H24N2O3. The number of fused-ring (bicyclic) bond motifs is 1. The van der Waals surface area contributed by atoms with Gasteiger partial charge in [0.1, 0.15) is 0 Å². The summed E-state index contributed by atoms with van der Waals surface area (Å²) in [5.41, 5.74) is 1.25. The van der Waals surface area contributed by atoms with Crippen molar-refractivity contribution in [3.05, 3.63) is 23.8 Å². The van der Waals surface area contributed by atoms with Crippen molar-refractivity contribution in [2.45, 2.75) is 25.4 Å². The maximum absolute atomic E-state index is 5.65. The van der Waals surface area contributed by atoms with Crippen LogP contribution in [0.3, 0.4) is 0 Å². The largest absolute Gasteiger partial charge is 0.454 e. The van der Waals surface area contributed by atoms with E-state index in [4.69, 9.17) is 14.2 Å². The first-order chi connectivity index (χ1) is 10.9. The molecule has 5 heteroatoms. The molecule has 22 heavy (non-hydrogen) atoms. The van der Waals surface area contributed by atoms with Gasteiger partial charge in [0.05, 0.1) is 13.2 Å². The summed E-state index contributed by atoms with van der Waals surface area (Å²) in [5.74, 6) is 1.83. The Hall–Kier alpha value is -1.30. The van der Waals surface area contributed by atoms with Gasteiger partial charge in [-0.3, -0.25) is 9.80 Å². The van der Waals surface area contributed by atoms with Crippen molar-refractivity contribution in [3.8, 4) is 11.5 Å². The first-order valence-electron chi connectivity index (χ1n) is 8.32. The average Bonchev–Trinajstić information content (AvgIpc) is 3.19. The molecule has 3 heterocycles. The Bertz CT molecular complexity index is 517. The predicted octanol–water partition coefficient (Wildman–Crippen LogP) is 1.71. The fourth-order valence-electron chi connectivity index (χ4n) is 3.73. The molecule has 3 aliphatic rings. The average molecular weight is 304 g/mol. The summed E-state index contributed by atoms with van der Waals surface area (Å²) in [5, 5.41) is 0. The first kappa shape index (κ1) is 14.3. The third-order valence-electron chi connectivity index (χ3n) is 4.92. The van der Waals surface area contributed by atoms with Gasteiger partial charge in [-0.25, -0.2) is 0 Å². The number of ether oxygens (including phenoxy) is 3. The third-order valence-corrected chi connectivity index (χ3v) is 4.92. The number of hydrogen-bond acceptors (Lipinski definition) is 5. The molecule has 5 nitrogen and oxygen atoms in total. The Labute approximate surface area is 131 Å². The Morgan fingerprint density at radius 1 is 1.09 bits per heavy atom. The summed E-state index contributed by atoms with van der Waals surface area (Å²) in [6.07, 6.45) is 2.59. The fraction of sp³-hybridized carbons (Fsp3) is 0.647. The van der Waals surface area contributed by atoms with Crippen LogP contribution in [0.25, 0.3) is 0 Å². The minimum Gasteiger partial charge on any atom is -0.454 e. The highest BCUT2D eigenvalue weighted by atomic mass is 16.7. The zero-order valence-electron chi connectivity index (χ0n) is 13.0. The summed E-state index contributed by atoms with van der Waals surface area (Å²) in [6, 6.07) is 6.87. The lowest BCUT2D eigenvalue weighted by atomic mass is 10.1. The molecule has 0 N–H and O–H groups in total. The molecule has 1 aromatic rings. The number of rotatable bonds is 4. The molecule has 0 saturated carbocycles. The van der Waals surface area contributed by atoms with E-state index in [-0.39, 0.29) is 0 Å². The molecule has 1 aromatic carbocycles. The van der Waals surface area contributed by atoms with Gasteiger partial charge in [-0.05, 0) is 25.5 Å². The number of hydrogen-bond donors (Lipinski definition) is 0. The SMILES string of the molecule is c1cc(CN2CCC[C@H]2CN2CCOCC2)c2c(c1)OCO2. The molecule has 120 valence electrons. The molecule has 2 saturated heterocycles. The zero-order chi connectivity index (χ0) is 14.8. The van der Waals surface area contributed by atoms with Crippen LogP contribution in [0.2, 0.25) is 0 Å². The molecule has 2 fully saturated rings. The minimum atomic E-state index is 0.351. The molecule has 0 aromatic heterocycles. The highest BCUT2D eigenvalue weighted by Crippen LogP contribution is 2.36. The number of morpholine rings is 1. The normalized spacial score (nSPS) is 25.7. The van der Waals surface area contributed by atoms with Gasteiger partial charge in [0.15, 0.2) is 11.5 Å². The molecular weight excluding hydrogens is 280 g/mol. The second-order valence-electron chi connectivity index (χ2n) is 6.33. The number of nitrogens with zero attached hydrogens (tertiary/aromatic N) is 2. The third kappa shape index (κ3) is 2.93. The summed E-state index contributed by atoms with van der Waals surface area (Å²) in [4.78, 5) is 5.15. The fourth-order valence-corrected chi connectivity index (χ4v) is 3.73. The molecule has 3 aliphatic heterocycles. The Balaban J connectivity index is 1.42. The van der Waals surface area contributed by atoms with Crippen LogP contribution in [0.5, 0.6) is 11.5 Å². The van der Waals surface area contributed by atoms with E-state index in [1.54, 1.807) is 0 Å². The van der Waals surface area contributed by atoms with E-state index in [1.165, 1.54) is 24.9 Å². The molecule has 0 amide bonds. The van der Waals surface area contributed by atoms with Gasteiger partial charge in [0.2, 0.25) is 6.79 Å². The van der Waals surface area contributed by atoms with Gasteiger partial charge >= 0.3 is 0 Å². The molecule has 4 rings (SSSR count). The molecule has 0 radical (unpaired) electrons. The number of benzene rings is 1. The predicted molar refractivity (Wildman–Crippen MR) is 83.3 cm³/mol. The quantitative estimate of drug-likeness (QED) is 0.846. The van der Waals surface area contributed by atoms with E-state index in [9.17, 15) is 0 Å². The minimum absolute atomic E-state index is 0.351. The van der Waals surface area contributed by atoms with Gasteiger partial charge < -0.3 is 14.2 Å². The highest BCUT2D eigenvalue weighted by molar-refractivity contribution is 5.48. The lowest BCUT2D eigenvalue weighted by Gasteiger charge is -2.33. The van der Waals surface area contributed by atoms with E-state index in [2.05, 4.69) is 21.9 Å². The van der Waals surface area contributed by atoms with Crippen molar-refractivity contribution in [2.75, 3.05) is 46.2 Å².